The van der Waals surface area contributed by atoms with Crippen LogP contribution >= 0.6 is 0 Å². The van der Waals surface area contributed by atoms with Crippen LogP contribution < -0.4 is 0 Å². The van der Waals surface area contributed by atoms with Gasteiger partial charge in [0.2, 0.25) is 0 Å². The van der Waals surface area contributed by atoms with Crippen LogP contribution in [0.4, 0.5) is 0 Å². The largest absolute Gasteiger partial charge is 0.394 e. The van der Waals surface area contributed by atoms with Gasteiger partial charge in [0.15, 0.2) is 6.29 Å². The molecular weight excluding hydrogens is 516 g/mol. The highest BCUT2D eigenvalue weighted by atomic mass is 16.7. The van der Waals surface area contributed by atoms with Crippen LogP contribution in [0.3, 0.4) is 0 Å². The summed E-state index contributed by atoms with van der Waals surface area (Å²) in [6.07, 6.45) is 9.51. The van der Waals surface area contributed by atoms with Crippen molar-refractivity contribution in [1.29, 1.82) is 0 Å². The van der Waals surface area contributed by atoms with Crippen molar-refractivity contribution in [2.75, 3.05) is 6.61 Å². The summed E-state index contributed by atoms with van der Waals surface area (Å²) in [6, 6.07) is 0. The number of aliphatic hydroxyl groups is 4. The fraction of sp³-hybridized carbons (Fsp3) is 0.886. The first-order valence-electron chi connectivity index (χ1n) is 16.7. The van der Waals surface area contributed by atoms with Gasteiger partial charge in [-0.25, -0.2) is 0 Å². The van der Waals surface area contributed by atoms with E-state index in [1.54, 1.807) is 0 Å². The van der Waals surface area contributed by atoms with Crippen molar-refractivity contribution >= 4 is 0 Å². The summed E-state index contributed by atoms with van der Waals surface area (Å²) in [6.45, 7) is 16.0. The second-order valence-electron chi connectivity index (χ2n) is 15.2. The van der Waals surface area contributed by atoms with Gasteiger partial charge in [-0.15, -0.1) is 0 Å². The Hall–Kier alpha value is -0.760. The maximum atomic E-state index is 10.5. The molecule has 1 saturated heterocycles. The summed E-state index contributed by atoms with van der Waals surface area (Å²) in [5, 5.41) is 40.4. The van der Waals surface area contributed by atoms with Crippen molar-refractivity contribution in [1.82, 2.24) is 0 Å². The maximum absolute atomic E-state index is 10.5. The van der Waals surface area contributed by atoms with Crippen LogP contribution in [0.25, 0.3) is 0 Å². The van der Waals surface area contributed by atoms with Gasteiger partial charge in [-0.3, -0.25) is 0 Å². The van der Waals surface area contributed by atoms with Crippen LogP contribution in [0.1, 0.15) is 105 Å². The van der Waals surface area contributed by atoms with Crippen LogP contribution in [-0.2, 0) is 9.47 Å². The summed E-state index contributed by atoms with van der Waals surface area (Å²) in [7, 11) is 0. The topological polar surface area (TPSA) is 99.4 Å². The molecule has 0 spiro atoms. The smallest absolute Gasteiger partial charge is 0.186 e. The van der Waals surface area contributed by atoms with Gasteiger partial charge in [-0.2, -0.15) is 0 Å². The van der Waals surface area contributed by atoms with Crippen LogP contribution in [0.15, 0.2) is 23.8 Å². The molecule has 41 heavy (non-hydrogen) atoms. The Balaban J connectivity index is 1.24. The van der Waals surface area contributed by atoms with E-state index in [9.17, 15) is 20.4 Å². The molecule has 0 aromatic rings. The Labute approximate surface area is 248 Å². The van der Waals surface area contributed by atoms with Gasteiger partial charge in [0.1, 0.15) is 24.4 Å². The lowest BCUT2D eigenvalue weighted by atomic mass is 9.47. The highest BCUT2D eigenvalue weighted by Crippen LogP contribution is 2.67. The predicted molar refractivity (Wildman–Crippen MR) is 161 cm³/mol. The van der Waals surface area contributed by atoms with Crippen molar-refractivity contribution in [2.24, 2.45) is 46.3 Å². The zero-order valence-corrected chi connectivity index (χ0v) is 26.3. The zero-order valence-electron chi connectivity index (χ0n) is 26.3. The van der Waals surface area contributed by atoms with Crippen LogP contribution in [-0.4, -0.2) is 63.8 Å². The average Bonchev–Trinajstić information content (AvgIpc) is 3.30. The number of hydrogen-bond acceptors (Lipinski definition) is 6. The van der Waals surface area contributed by atoms with E-state index < -0.39 is 37.3 Å². The number of fused-ring (bicyclic) bond motifs is 5. The van der Waals surface area contributed by atoms with Crippen molar-refractivity contribution in [2.45, 2.75) is 142 Å². The van der Waals surface area contributed by atoms with E-state index in [2.05, 4.69) is 47.3 Å². The van der Waals surface area contributed by atoms with Crippen LogP contribution in [0.2, 0.25) is 0 Å². The molecule has 0 aromatic heterocycles. The minimum atomic E-state index is -1.40. The van der Waals surface area contributed by atoms with E-state index >= 15 is 0 Å². The van der Waals surface area contributed by atoms with Crippen molar-refractivity contribution in [3.63, 3.8) is 0 Å². The molecule has 6 nitrogen and oxygen atoms in total. The van der Waals surface area contributed by atoms with Gasteiger partial charge in [-0.1, -0.05) is 51.5 Å². The summed E-state index contributed by atoms with van der Waals surface area (Å²) in [5.74, 6) is 4.57. The lowest BCUT2D eigenvalue weighted by molar-refractivity contribution is -0.313. The summed E-state index contributed by atoms with van der Waals surface area (Å²) in [5.41, 5.74) is 3.49. The van der Waals surface area contributed by atoms with Crippen LogP contribution in [0.5, 0.6) is 0 Å². The standard InChI is InChI=1S/C35H58O6/c1-7-22(20(2)3)9-8-21(4)26-12-13-27-25-11-10-23-18-24(14-16-34(23,5)28(25)15-17-35(26,27)6)40-33-32(39)31(38)30(37)29(19-36)41-33/h10,21-22,24-33,36-39H,2,7-9,11-19H2,1,3-6H3/t21-,22-,24-,25-,26+,27-,28-,29+,30+,31-,32+,33+,34-,35+/m0/s1. The van der Waals surface area contributed by atoms with E-state index in [1.165, 1.54) is 56.1 Å². The molecule has 6 heteroatoms. The second kappa shape index (κ2) is 12.3. The molecule has 3 saturated carbocycles. The number of allylic oxidation sites excluding steroid dienone is 2. The maximum Gasteiger partial charge on any atom is 0.186 e. The molecule has 14 atom stereocenters. The molecule has 5 aliphatic rings. The summed E-state index contributed by atoms with van der Waals surface area (Å²) < 4.78 is 11.9. The lowest BCUT2D eigenvalue weighted by Gasteiger charge is -2.58. The van der Waals surface area contributed by atoms with Crippen molar-refractivity contribution < 1.29 is 29.9 Å². The SMILES string of the molecule is C=C(C)[C@@H](CC)CC[C@H](C)[C@H]1CC[C@H]2[C@@H]3CC=C4C[C@@H](O[C@@H]5O[C@H](CO)[C@@H](O)[C@H](O)[C@H]5O)CC[C@]4(C)[C@H]3CC[C@]12C. The number of ether oxygens (including phenoxy) is 2. The van der Waals surface area contributed by atoms with E-state index in [-0.39, 0.29) is 11.5 Å². The third kappa shape index (κ3) is 5.64. The second-order valence-corrected chi connectivity index (χ2v) is 15.2. The first kappa shape index (κ1) is 31.7. The fourth-order valence-corrected chi connectivity index (χ4v) is 10.6. The van der Waals surface area contributed by atoms with Gasteiger partial charge in [0.25, 0.3) is 0 Å². The van der Waals surface area contributed by atoms with Crippen LogP contribution in [0, 0.1) is 46.3 Å². The number of rotatable bonds is 9. The van der Waals surface area contributed by atoms with E-state index in [0.29, 0.717) is 11.3 Å². The molecule has 4 aliphatic carbocycles. The quantitative estimate of drug-likeness (QED) is 0.261. The third-order valence-electron chi connectivity index (χ3n) is 13.2. The number of aliphatic hydroxyl groups excluding tert-OH is 4. The Morgan fingerprint density at radius 3 is 2.49 bits per heavy atom. The fourth-order valence-electron chi connectivity index (χ4n) is 10.6. The highest BCUT2D eigenvalue weighted by molar-refractivity contribution is 5.25. The molecular formula is C35H58O6. The third-order valence-corrected chi connectivity index (χ3v) is 13.2. The van der Waals surface area contributed by atoms with E-state index in [4.69, 9.17) is 9.47 Å². The van der Waals surface area contributed by atoms with E-state index in [0.717, 1.165) is 55.3 Å². The predicted octanol–water partition coefficient (Wildman–Crippen LogP) is 5.77. The molecule has 0 radical (unpaired) electrons. The average molecular weight is 575 g/mol. The molecule has 0 unspecified atom stereocenters. The zero-order chi connectivity index (χ0) is 29.7. The summed E-state index contributed by atoms with van der Waals surface area (Å²) in [4.78, 5) is 0. The molecule has 5 rings (SSSR count). The molecule has 0 aromatic carbocycles. The minimum absolute atomic E-state index is 0.107. The minimum Gasteiger partial charge on any atom is -0.394 e. The number of hydrogen-bond donors (Lipinski definition) is 4. The van der Waals surface area contributed by atoms with Gasteiger partial charge in [-0.05, 0) is 124 Å². The van der Waals surface area contributed by atoms with Crippen molar-refractivity contribution in [3.05, 3.63) is 23.8 Å². The first-order valence-corrected chi connectivity index (χ1v) is 16.7. The highest BCUT2D eigenvalue weighted by Gasteiger charge is 2.59. The van der Waals surface area contributed by atoms with Gasteiger partial charge in [0, 0.05) is 0 Å². The Morgan fingerprint density at radius 1 is 1.05 bits per heavy atom. The Bertz CT molecular complexity index is 962. The Kier molecular flexibility index (Phi) is 9.51. The molecule has 0 bridgehead atoms. The normalized spacial score (nSPS) is 47.5. The Morgan fingerprint density at radius 2 is 1.80 bits per heavy atom. The molecule has 4 fully saturated rings. The monoisotopic (exact) mass is 574 g/mol. The molecule has 4 N–H and O–H groups in total. The molecule has 1 aliphatic heterocycles. The van der Waals surface area contributed by atoms with Crippen molar-refractivity contribution in [3.8, 4) is 0 Å². The van der Waals surface area contributed by atoms with Gasteiger partial charge in [0.05, 0.1) is 12.7 Å². The molecule has 0 amide bonds. The summed E-state index contributed by atoms with van der Waals surface area (Å²) >= 11 is 0. The van der Waals surface area contributed by atoms with Gasteiger partial charge < -0.3 is 29.9 Å². The molecule has 1 heterocycles. The lowest BCUT2D eigenvalue weighted by Crippen LogP contribution is -2.60. The molecule has 234 valence electrons. The van der Waals surface area contributed by atoms with Gasteiger partial charge >= 0.3 is 0 Å². The van der Waals surface area contributed by atoms with E-state index in [1.807, 2.05) is 0 Å². The first-order chi connectivity index (χ1) is 19.4.